The van der Waals surface area contributed by atoms with Gasteiger partial charge in [-0.05, 0) is 19.1 Å². The lowest BCUT2D eigenvalue weighted by Gasteiger charge is -2.23. The normalized spacial score (nSPS) is 16.8. The Kier molecular flexibility index (Phi) is 4.43. The first kappa shape index (κ1) is 16.4. The Morgan fingerprint density at radius 1 is 1.35 bits per heavy atom. The predicted octanol–water partition coefficient (Wildman–Crippen LogP) is 2.53. The minimum Gasteiger partial charge on any atom is -0.477 e. The molecule has 0 saturated heterocycles. The Bertz CT molecular complexity index is 887. The molecule has 0 fully saturated rings. The van der Waals surface area contributed by atoms with Crippen LogP contribution in [0.4, 0.5) is 0 Å². The number of hydrogen-bond acceptors (Lipinski definition) is 5. The monoisotopic (exact) mass is 352 g/mol. The zero-order chi connectivity index (χ0) is 17.9. The van der Waals surface area contributed by atoms with Crippen LogP contribution in [0.15, 0.2) is 53.7 Å². The van der Waals surface area contributed by atoms with E-state index in [0.717, 1.165) is 17.8 Å². The van der Waals surface area contributed by atoms with Crippen LogP contribution < -0.4 is 4.74 Å². The van der Waals surface area contributed by atoms with Crippen molar-refractivity contribution in [3.8, 4) is 5.88 Å². The fourth-order valence-electron chi connectivity index (χ4n) is 3.18. The number of amides is 1. The first-order valence-corrected chi connectivity index (χ1v) is 8.57. The van der Waals surface area contributed by atoms with Crippen molar-refractivity contribution in [3.63, 3.8) is 0 Å². The molecule has 1 aliphatic heterocycles. The molecular weight excluding hydrogens is 332 g/mol. The van der Waals surface area contributed by atoms with E-state index < -0.39 is 0 Å². The van der Waals surface area contributed by atoms with Gasteiger partial charge in [0.25, 0.3) is 5.91 Å². The lowest BCUT2D eigenvalue weighted by molar-refractivity contribution is 0.0667. The number of carbonyl (C=O) groups excluding carboxylic acids is 1. The maximum atomic E-state index is 12.9. The minimum atomic E-state index is -0.106. The molecule has 26 heavy (non-hydrogen) atoms. The highest BCUT2D eigenvalue weighted by Crippen LogP contribution is 2.21. The van der Waals surface area contributed by atoms with Crippen LogP contribution in [-0.4, -0.2) is 38.5 Å². The summed E-state index contributed by atoms with van der Waals surface area (Å²) < 4.78 is 13.3. The Morgan fingerprint density at radius 3 is 3.04 bits per heavy atom. The van der Waals surface area contributed by atoms with Gasteiger partial charge in [-0.25, -0.2) is 9.97 Å². The fraction of sp³-hybridized carbons (Fsp3) is 0.316. The molecule has 3 aromatic rings. The second kappa shape index (κ2) is 7.03. The van der Waals surface area contributed by atoms with E-state index in [2.05, 4.69) is 14.5 Å². The number of nitrogens with zero attached hydrogens (tertiary/aromatic N) is 4. The van der Waals surface area contributed by atoms with Crippen molar-refractivity contribution in [3.05, 3.63) is 66.3 Å². The number of carbonyl (C=O) groups is 1. The van der Waals surface area contributed by atoms with E-state index in [1.807, 2.05) is 25.1 Å². The molecule has 0 radical (unpaired) electrons. The van der Waals surface area contributed by atoms with Gasteiger partial charge in [0.2, 0.25) is 5.88 Å². The van der Waals surface area contributed by atoms with Crippen molar-refractivity contribution in [1.82, 2.24) is 19.4 Å². The van der Waals surface area contributed by atoms with Gasteiger partial charge in [0.05, 0.1) is 31.4 Å². The van der Waals surface area contributed by atoms with E-state index >= 15 is 0 Å². The topological polar surface area (TPSA) is 73.4 Å². The number of furan rings is 1. The smallest absolute Gasteiger partial charge is 0.290 e. The van der Waals surface area contributed by atoms with E-state index in [4.69, 9.17) is 9.15 Å². The summed E-state index contributed by atoms with van der Waals surface area (Å²) in [5, 5.41) is 0. The third-order valence-corrected chi connectivity index (χ3v) is 4.53. The average Bonchev–Trinajstić information content (AvgIpc) is 3.24. The molecule has 7 nitrogen and oxygen atoms in total. The largest absolute Gasteiger partial charge is 0.477 e. The van der Waals surface area contributed by atoms with Gasteiger partial charge in [0.15, 0.2) is 5.76 Å². The number of fused-ring (bicyclic) bond motifs is 1. The number of imidazole rings is 1. The predicted molar refractivity (Wildman–Crippen MR) is 93.6 cm³/mol. The van der Waals surface area contributed by atoms with Gasteiger partial charge in [0.1, 0.15) is 0 Å². The van der Waals surface area contributed by atoms with Gasteiger partial charge in [-0.3, -0.25) is 4.79 Å². The molecule has 4 heterocycles. The molecule has 0 saturated carbocycles. The maximum Gasteiger partial charge on any atom is 0.290 e. The second-order valence-electron chi connectivity index (χ2n) is 6.50. The first-order chi connectivity index (χ1) is 12.7. The van der Waals surface area contributed by atoms with Crippen LogP contribution in [0, 0.1) is 12.8 Å². The Morgan fingerprint density at radius 2 is 2.27 bits per heavy atom. The lowest BCUT2D eigenvalue weighted by Crippen LogP contribution is -2.36. The molecule has 3 aromatic heterocycles. The molecule has 1 aliphatic rings. The van der Waals surface area contributed by atoms with Crippen LogP contribution in [0.3, 0.4) is 0 Å². The van der Waals surface area contributed by atoms with Crippen molar-refractivity contribution in [2.24, 2.45) is 5.92 Å². The quantitative estimate of drug-likeness (QED) is 0.721. The molecule has 134 valence electrons. The lowest BCUT2D eigenvalue weighted by atomic mass is 10.1. The molecule has 7 heteroatoms. The van der Waals surface area contributed by atoms with Crippen LogP contribution in [0.25, 0.3) is 0 Å². The van der Waals surface area contributed by atoms with Gasteiger partial charge in [-0.15, -0.1) is 0 Å². The molecule has 0 aliphatic carbocycles. The van der Waals surface area contributed by atoms with Crippen LogP contribution in [0.2, 0.25) is 0 Å². The summed E-state index contributed by atoms with van der Waals surface area (Å²) in [4.78, 5) is 23.2. The third kappa shape index (κ3) is 3.33. The highest BCUT2D eigenvalue weighted by Gasteiger charge is 2.28. The number of rotatable bonds is 4. The van der Waals surface area contributed by atoms with E-state index in [1.165, 1.54) is 0 Å². The van der Waals surface area contributed by atoms with E-state index in [0.29, 0.717) is 31.3 Å². The van der Waals surface area contributed by atoms with Gasteiger partial charge >= 0.3 is 0 Å². The van der Waals surface area contributed by atoms with Gasteiger partial charge in [0, 0.05) is 43.0 Å². The zero-order valence-electron chi connectivity index (χ0n) is 14.5. The Labute approximate surface area is 151 Å². The Balaban J connectivity index is 1.53. The number of ether oxygens (including phenoxy) is 1. The highest BCUT2D eigenvalue weighted by atomic mass is 16.5. The number of pyridine rings is 1. The number of aryl methyl sites for hydroxylation is 1. The van der Waals surface area contributed by atoms with Gasteiger partial charge in [-0.2, -0.15) is 0 Å². The van der Waals surface area contributed by atoms with Crippen molar-refractivity contribution in [2.45, 2.75) is 20.0 Å². The molecule has 0 aromatic carbocycles. The molecule has 0 bridgehead atoms. The summed E-state index contributed by atoms with van der Waals surface area (Å²) in [5.41, 5.74) is 1.84. The summed E-state index contributed by atoms with van der Waals surface area (Å²) in [6.07, 6.45) is 6.85. The molecule has 0 spiro atoms. The van der Waals surface area contributed by atoms with Crippen LogP contribution in [0.1, 0.15) is 21.8 Å². The molecule has 1 atom stereocenters. The number of hydrogen-bond donors (Lipinski definition) is 0. The zero-order valence-corrected chi connectivity index (χ0v) is 14.5. The Hall–Kier alpha value is -3.09. The van der Waals surface area contributed by atoms with Crippen molar-refractivity contribution < 1.29 is 13.9 Å². The summed E-state index contributed by atoms with van der Waals surface area (Å²) in [6.45, 7) is 4.16. The van der Waals surface area contributed by atoms with Gasteiger partial charge < -0.3 is 18.6 Å². The first-order valence-electron chi connectivity index (χ1n) is 8.57. The molecule has 1 unspecified atom stereocenters. The van der Waals surface area contributed by atoms with E-state index in [-0.39, 0.29) is 11.8 Å². The van der Waals surface area contributed by atoms with Crippen molar-refractivity contribution >= 4 is 5.91 Å². The summed E-state index contributed by atoms with van der Waals surface area (Å²) in [5.74, 6) is 0.987. The van der Waals surface area contributed by atoms with Crippen LogP contribution >= 0.6 is 0 Å². The van der Waals surface area contributed by atoms with Crippen molar-refractivity contribution in [2.75, 3.05) is 13.2 Å². The third-order valence-electron chi connectivity index (χ3n) is 4.53. The minimum absolute atomic E-state index is 0.106. The van der Waals surface area contributed by atoms with Crippen molar-refractivity contribution in [1.29, 1.82) is 0 Å². The number of aromatic nitrogens is 3. The molecular formula is C19H20N4O3. The molecule has 4 rings (SSSR count). The summed E-state index contributed by atoms with van der Waals surface area (Å²) in [6, 6.07) is 7.37. The van der Waals surface area contributed by atoms with Gasteiger partial charge in [-0.1, -0.05) is 6.07 Å². The fourth-order valence-corrected chi connectivity index (χ4v) is 3.18. The van der Waals surface area contributed by atoms with Crippen LogP contribution in [-0.2, 0) is 13.1 Å². The van der Waals surface area contributed by atoms with E-state index in [1.54, 1.807) is 36.0 Å². The highest BCUT2D eigenvalue weighted by molar-refractivity contribution is 5.92. The summed E-state index contributed by atoms with van der Waals surface area (Å²) >= 11 is 0. The SMILES string of the molecule is Cc1ccoc1C(=O)N1Cc2cncn2CC(COc2ccccn2)C1. The second-order valence-corrected chi connectivity index (χ2v) is 6.50. The molecule has 0 N–H and O–H groups in total. The van der Waals surface area contributed by atoms with E-state index in [9.17, 15) is 4.79 Å². The maximum absolute atomic E-state index is 12.9. The standard InChI is InChI=1S/C19H20N4O3/c1-14-5-7-25-18(14)19(24)22-9-15(10-23-13-20-8-16(23)11-22)12-26-17-4-2-3-6-21-17/h2-8,13,15H,9-12H2,1H3. The van der Waals surface area contributed by atoms with Crippen LogP contribution in [0.5, 0.6) is 5.88 Å². The summed E-state index contributed by atoms with van der Waals surface area (Å²) in [7, 11) is 0. The average molecular weight is 352 g/mol. The molecule has 1 amide bonds.